The van der Waals surface area contributed by atoms with E-state index in [4.69, 9.17) is 17.3 Å². The number of rotatable bonds is 3. The lowest BCUT2D eigenvalue weighted by molar-refractivity contribution is 0.483. The van der Waals surface area contributed by atoms with E-state index in [1.807, 2.05) is 0 Å². The van der Waals surface area contributed by atoms with Gasteiger partial charge in [-0.2, -0.15) is 8.42 Å². The zero-order valence-electron chi connectivity index (χ0n) is 14.7. The van der Waals surface area contributed by atoms with Gasteiger partial charge < -0.3 is 10.3 Å². The van der Waals surface area contributed by atoms with Gasteiger partial charge in [0.25, 0.3) is 10.1 Å². The Morgan fingerprint density at radius 1 is 1.04 bits per heavy atom. The van der Waals surface area contributed by atoms with Gasteiger partial charge >= 0.3 is 0 Å². The molecule has 1 aromatic heterocycles. The average Bonchev–Trinajstić information content (AvgIpc) is 2.80. The predicted molar refractivity (Wildman–Crippen MR) is 104 cm³/mol. The highest BCUT2D eigenvalue weighted by Crippen LogP contribution is 2.38. The first-order valence-electron chi connectivity index (χ1n) is 7.73. The van der Waals surface area contributed by atoms with Gasteiger partial charge in [-0.25, -0.2) is 8.42 Å². The largest absolute Gasteiger partial charge is 0.398 e. The van der Waals surface area contributed by atoms with Crippen molar-refractivity contribution in [2.24, 2.45) is 7.05 Å². The van der Waals surface area contributed by atoms with E-state index in [9.17, 15) is 21.4 Å². The quantitative estimate of drug-likeness (QED) is 0.488. The van der Waals surface area contributed by atoms with Gasteiger partial charge in [0, 0.05) is 18.1 Å². The summed E-state index contributed by atoms with van der Waals surface area (Å²) < 4.78 is 62.0. The van der Waals surface area contributed by atoms with Crippen LogP contribution in [0.5, 0.6) is 0 Å². The molecule has 3 rings (SSSR count). The van der Waals surface area contributed by atoms with E-state index in [1.165, 1.54) is 29.7 Å². The molecule has 0 aliphatic carbocycles. The number of halogens is 1. The maximum atomic E-state index is 13.3. The fourth-order valence-corrected chi connectivity index (χ4v) is 6.15. The number of fused-ring (bicyclic) bond motifs is 1. The van der Waals surface area contributed by atoms with Crippen LogP contribution in [-0.2, 0) is 27.0 Å². The van der Waals surface area contributed by atoms with Crippen LogP contribution in [0.25, 0.3) is 10.9 Å². The van der Waals surface area contributed by atoms with Crippen molar-refractivity contribution < 1.29 is 21.4 Å². The van der Waals surface area contributed by atoms with Crippen LogP contribution in [0.4, 0.5) is 5.69 Å². The molecule has 144 valence electrons. The topological polar surface area (TPSA) is 119 Å². The first-order valence-corrected chi connectivity index (χ1v) is 11.0. The van der Waals surface area contributed by atoms with Crippen LogP contribution in [0, 0.1) is 13.8 Å². The third kappa shape index (κ3) is 3.00. The van der Waals surface area contributed by atoms with E-state index in [0.29, 0.717) is 11.1 Å². The Bertz CT molecular complexity index is 1310. The fraction of sp³-hybridized carbons (Fsp3) is 0.176. The molecule has 2 aromatic carbocycles. The molecule has 0 bridgehead atoms. The van der Waals surface area contributed by atoms with E-state index >= 15 is 0 Å². The number of anilines is 1. The number of hydrogen-bond donors (Lipinski definition) is 2. The fourth-order valence-electron chi connectivity index (χ4n) is 3.14. The standard InChI is InChI=1S/C17H17ClN2O5S2/c1-9-4-7-14-15(17(27(23,24)25)10(2)20(14)3)16(9)26(21,22)11-5-6-13(19)12(18)8-11/h4-8H,19H2,1-3H3,(H,23,24,25). The molecule has 0 saturated carbocycles. The maximum Gasteiger partial charge on any atom is 0.296 e. The highest BCUT2D eigenvalue weighted by atomic mass is 35.5. The van der Waals surface area contributed by atoms with Gasteiger partial charge in [-0.1, -0.05) is 17.7 Å². The van der Waals surface area contributed by atoms with E-state index in [-0.39, 0.29) is 31.6 Å². The molecule has 3 N–H and O–H groups in total. The van der Waals surface area contributed by atoms with Gasteiger partial charge in [-0.05, 0) is 43.7 Å². The SMILES string of the molecule is Cc1ccc2c(c(S(=O)(=O)O)c(C)n2C)c1S(=O)(=O)c1ccc(N)c(Cl)c1. The molecule has 0 spiro atoms. The molecule has 10 heteroatoms. The summed E-state index contributed by atoms with van der Waals surface area (Å²) >= 11 is 5.97. The Kier molecular flexibility index (Phi) is 4.54. The smallest absolute Gasteiger partial charge is 0.296 e. The number of benzene rings is 2. The molecule has 0 aliphatic heterocycles. The van der Waals surface area contributed by atoms with Crippen molar-refractivity contribution in [3.63, 3.8) is 0 Å². The van der Waals surface area contributed by atoms with E-state index < -0.39 is 24.9 Å². The normalized spacial score (nSPS) is 12.6. The zero-order valence-corrected chi connectivity index (χ0v) is 17.1. The second-order valence-electron chi connectivity index (χ2n) is 6.24. The van der Waals surface area contributed by atoms with Crippen LogP contribution in [0.2, 0.25) is 5.02 Å². The molecule has 3 aromatic rings. The van der Waals surface area contributed by atoms with Crippen molar-refractivity contribution in [3.05, 3.63) is 46.6 Å². The predicted octanol–water partition coefficient (Wildman–Crippen LogP) is 3.11. The molecule has 0 radical (unpaired) electrons. The molecule has 0 aliphatic rings. The Morgan fingerprint density at radius 3 is 2.22 bits per heavy atom. The minimum absolute atomic E-state index is 0.0505. The number of nitrogens with two attached hydrogens (primary N) is 1. The third-order valence-corrected chi connectivity index (χ3v) is 7.84. The number of aromatic nitrogens is 1. The van der Waals surface area contributed by atoms with Gasteiger partial charge in [0.1, 0.15) is 4.90 Å². The zero-order chi connectivity index (χ0) is 20.3. The molecule has 0 atom stereocenters. The van der Waals surface area contributed by atoms with E-state index in [0.717, 1.165) is 0 Å². The van der Waals surface area contributed by atoms with Crippen molar-refractivity contribution in [2.45, 2.75) is 28.5 Å². The first kappa shape index (κ1) is 19.7. The number of sulfone groups is 1. The van der Waals surface area contributed by atoms with Crippen molar-refractivity contribution in [2.75, 3.05) is 5.73 Å². The molecular formula is C17H17ClN2O5S2. The van der Waals surface area contributed by atoms with Crippen molar-refractivity contribution in [1.82, 2.24) is 4.57 Å². The number of aryl methyl sites for hydroxylation is 2. The molecule has 0 amide bonds. The Labute approximate surface area is 162 Å². The molecular weight excluding hydrogens is 412 g/mol. The lowest BCUT2D eigenvalue weighted by Gasteiger charge is -2.12. The second kappa shape index (κ2) is 6.23. The molecule has 7 nitrogen and oxygen atoms in total. The Hall–Kier alpha value is -2.07. The molecule has 0 unspecified atom stereocenters. The minimum Gasteiger partial charge on any atom is -0.398 e. The van der Waals surface area contributed by atoms with Crippen LogP contribution >= 0.6 is 11.6 Å². The van der Waals surface area contributed by atoms with E-state index in [2.05, 4.69) is 0 Å². The van der Waals surface area contributed by atoms with Crippen LogP contribution in [0.3, 0.4) is 0 Å². The van der Waals surface area contributed by atoms with Crippen molar-refractivity contribution in [1.29, 1.82) is 0 Å². The van der Waals surface area contributed by atoms with E-state index in [1.54, 1.807) is 26.1 Å². The van der Waals surface area contributed by atoms with Gasteiger partial charge in [-0.15, -0.1) is 0 Å². The summed E-state index contributed by atoms with van der Waals surface area (Å²) in [6, 6.07) is 7.08. The monoisotopic (exact) mass is 428 g/mol. The number of hydrogen-bond acceptors (Lipinski definition) is 5. The molecule has 0 fully saturated rings. The highest BCUT2D eigenvalue weighted by Gasteiger charge is 2.31. The summed E-state index contributed by atoms with van der Waals surface area (Å²) in [4.78, 5) is -0.749. The van der Waals surface area contributed by atoms with Gasteiger partial charge in [-0.3, -0.25) is 4.55 Å². The maximum absolute atomic E-state index is 13.3. The summed E-state index contributed by atoms with van der Waals surface area (Å²) in [6.07, 6.45) is 0. The average molecular weight is 429 g/mol. The lowest BCUT2D eigenvalue weighted by Crippen LogP contribution is -2.08. The molecule has 0 saturated heterocycles. The first-order chi connectivity index (χ1) is 12.4. The second-order valence-corrected chi connectivity index (χ2v) is 9.89. The summed E-state index contributed by atoms with van der Waals surface area (Å²) in [5.74, 6) is 0. The molecule has 1 heterocycles. The summed E-state index contributed by atoms with van der Waals surface area (Å²) in [6.45, 7) is 3.05. The van der Waals surface area contributed by atoms with Gasteiger partial charge in [0.05, 0.1) is 26.0 Å². The van der Waals surface area contributed by atoms with Crippen LogP contribution in [0.15, 0.2) is 45.0 Å². The van der Waals surface area contributed by atoms with Crippen LogP contribution < -0.4 is 5.73 Å². The van der Waals surface area contributed by atoms with Crippen molar-refractivity contribution >= 4 is 48.1 Å². The van der Waals surface area contributed by atoms with Crippen molar-refractivity contribution in [3.8, 4) is 0 Å². The van der Waals surface area contributed by atoms with Crippen LogP contribution in [-0.4, -0.2) is 26.0 Å². The minimum atomic E-state index is -4.67. The van der Waals surface area contributed by atoms with Gasteiger partial charge in [0.2, 0.25) is 9.84 Å². The highest BCUT2D eigenvalue weighted by molar-refractivity contribution is 7.92. The Balaban J connectivity index is 2.53. The van der Waals surface area contributed by atoms with Gasteiger partial charge in [0.15, 0.2) is 0 Å². The number of nitrogens with zero attached hydrogens (tertiary/aromatic N) is 1. The summed E-state index contributed by atoms with van der Waals surface area (Å²) in [5, 5.41) is 0.0191. The summed E-state index contributed by atoms with van der Waals surface area (Å²) in [7, 11) is -7.22. The Morgan fingerprint density at radius 2 is 1.67 bits per heavy atom. The summed E-state index contributed by atoms with van der Waals surface area (Å²) in [5.41, 5.74) is 6.81. The molecule has 27 heavy (non-hydrogen) atoms. The lowest BCUT2D eigenvalue weighted by atomic mass is 10.2. The number of nitrogen functional groups attached to an aromatic ring is 1. The van der Waals surface area contributed by atoms with Crippen LogP contribution in [0.1, 0.15) is 11.3 Å². The third-order valence-electron chi connectivity index (χ3n) is 4.56.